The third-order valence-corrected chi connectivity index (χ3v) is 5.42. The van der Waals surface area contributed by atoms with Crippen LogP contribution in [0.15, 0.2) is 41.3 Å². The number of amides is 2. The topological polar surface area (TPSA) is 58.2 Å². The van der Waals surface area contributed by atoms with Gasteiger partial charge in [-0.05, 0) is 69.0 Å². The highest BCUT2D eigenvalue weighted by Gasteiger charge is 2.16. The van der Waals surface area contributed by atoms with Gasteiger partial charge in [-0.25, -0.2) is 0 Å². The minimum Gasteiger partial charge on any atom is -0.346 e. The molecule has 2 aromatic rings. The molecule has 0 bridgehead atoms. The molecule has 0 saturated heterocycles. The molecule has 0 aliphatic carbocycles. The zero-order valence-electron chi connectivity index (χ0n) is 16.0. The Kier molecular flexibility index (Phi) is 6.86. The lowest BCUT2D eigenvalue weighted by Gasteiger charge is -2.14. The van der Waals surface area contributed by atoms with Crippen LogP contribution in [0, 0.1) is 27.7 Å². The number of thioether (sulfide) groups is 1. The van der Waals surface area contributed by atoms with Gasteiger partial charge in [0.05, 0.1) is 11.8 Å². The summed E-state index contributed by atoms with van der Waals surface area (Å²) < 4.78 is 0. The molecule has 2 N–H and O–H groups in total. The Labute approximate surface area is 159 Å². The van der Waals surface area contributed by atoms with Crippen LogP contribution in [0.3, 0.4) is 0 Å². The van der Waals surface area contributed by atoms with Crippen LogP contribution >= 0.6 is 11.8 Å². The average molecular weight is 371 g/mol. The number of para-hydroxylation sites is 1. The summed E-state index contributed by atoms with van der Waals surface area (Å²) in [6.07, 6.45) is 0. The molecule has 0 spiro atoms. The van der Waals surface area contributed by atoms with E-state index in [1.807, 2.05) is 45.0 Å². The van der Waals surface area contributed by atoms with E-state index in [0.717, 1.165) is 21.7 Å². The number of carbonyl (C=O) groups is 2. The molecule has 2 rings (SSSR count). The maximum absolute atomic E-state index is 12.3. The van der Waals surface area contributed by atoms with Crippen molar-refractivity contribution < 1.29 is 9.59 Å². The molecule has 138 valence electrons. The van der Waals surface area contributed by atoms with Crippen molar-refractivity contribution in [2.24, 2.45) is 0 Å². The van der Waals surface area contributed by atoms with Crippen molar-refractivity contribution in [1.29, 1.82) is 0 Å². The number of nitrogens with one attached hydrogen (secondary N) is 2. The normalized spacial score (nSPS) is 11.7. The van der Waals surface area contributed by atoms with E-state index in [1.54, 1.807) is 0 Å². The number of rotatable bonds is 6. The SMILES string of the molecule is Cc1ccc(S[C@@H](C)C(=O)NCC(=O)Nc2c(C)cccc2C)cc1C. The predicted molar refractivity (Wildman–Crippen MR) is 109 cm³/mol. The standard InChI is InChI=1S/C21H26N2O2S/c1-13-9-10-18(11-16(13)4)26-17(5)21(25)22-12-19(24)23-20-14(2)7-6-8-15(20)3/h6-11,17H,12H2,1-5H3,(H,22,25)(H,23,24)/t17-/m0/s1. The minimum absolute atomic E-state index is 0.0373. The van der Waals surface area contributed by atoms with Gasteiger partial charge in [-0.2, -0.15) is 0 Å². The quantitative estimate of drug-likeness (QED) is 0.751. The maximum Gasteiger partial charge on any atom is 0.243 e. The maximum atomic E-state index is 12.3. The zero-order valence-corrected chi connectivity index (χ0v) is 16.8. The highest BCUT2D eigenvalue weighted by atomic mass is 32.2. The van der Waals surface area contributed by atoms with Crippen molar-refractivity contribution in [1.82, 2.24) is 5.32 Å². The molecule has 0 unspecified atom stereocenters. The van der Waals surface area contributed by atoms with E-state index in [4.69, 9.17) is 0 Å². The van der Waals surface area contributed by atoms with Crippen LogP contribution in [0.4, 0.5) is 5.69 Å². The molecule has 2 amide bonds. The first-order valence-electron chi connectivity index (χ1n) is 8.65. The van der Waals surface area contributed by atoms with Crippen molar-refractivity contribution in [2.75, 3.05) is 11.9 Å². The Hall–Kier alpha value is -2.27. The summed E-state index contributed by atoms with van der Waals surface area (Å²) in [6.45, 7) is 9.83. The number of hydrogen-bond donors (Lipinski definition) is 2. The highest BCUT2D eigenvalue weighted by Crippen LogP contribution is 2.25. The van der Waals surface area contributed by atoms with E-state index in [2.05, 4.69) is 36.6 Å². The van der Waals surface area contributed by atoms with Crippen LogP contribution < -0.4 is 10.6 Å². The molecule has 2 aromatic carbocycles. The fourth-order valence-electron chi connectivity index (χ4n) is 2.55. The Bertz CT molecular complexity index is 797. The van der Waals surface area contributed by atoms with Gasteiger partial charge < -0.3 is 10.6 Å². The van der Waals surface area contributed by atoms with Gasteiger partial charge in [-0.15, -0.1) is 11.8 Å². The molecule has 0 aromatic heterocycles. The Morgan fingerprint density at radius 3 is 2.23 bits per heavy atom. The van der Waals surface area contributed by atoms with E-state index < -0.39 is 0 Å². The second kappa shape index (κ2) is 8.90. The molecular formula is C21H26N2O2S. The van der Waals surface area contributed by atoms with E-state index >= 15 is 0 Å². The van der Waals surface area contributed by atoms with E-state index in [9.17, 15) is 9.59 Å². The summed E-state index contributed by atoms with van der Waals surface area (Å²) in [7, 11) is 0. The number of anilines is 1. The van der Waals surface area contributed by atoms with Crippen LogP contribution in [-0.2, 0) is 9.59 Å². The molecule has 5 heteroatoms. The third kappa shape index (κ3) is 5.36. The second-order valence-electron chi connectivity index (χ2n) is 6.54. The summed E-state index contributed by atoms with van der Waals surface area (Å²) >= 11 is 1.49. The van der Waals surface area contributed by atoms with Crippen molar-refractivity contribution >= 4 is 29.3 Å². The molecule has 0 fully saturated rings. The van der Waals surface area contributed by atoms with Crippen molar-refractivity contribution in [3.8, 4) is 0 Å². The zero-order chi connectivity index (χ0) is 19.3. The van der Waals surface area contributed by atoms with Crippen molar-refractivity contribution in [3.05, 3.63) is 58.7 Å². The van der Waals surface area contributed by atoms with Crippen molar-refractivity contribution in [2.45, 2.75) is 44.8 Å². The fourth-order valence-corrected chi connectivity index (χ4v) is 3.54. The van der Waals surface area contributed by atoms with Crippen LogP contribution in [0.5, 0.6) is 0 Å². The van der Waals surface area contributed by atoms with E-state index in [-0.39, 0.29) is 23.6 Å². The first kappa shape index (κ1) is 20.0. The predicted octanol–water partition coefficient (Wildman–Crippen LogP) is 4.16. The van der Waals surface area contributed by atoms with Gasteiger partial charge in [0, 0.05) is 10.6 Å². The molecule has 0 heterocycles. The Morgan fingerprint density at radius 1 is 0.962 bits per heavy atom. The monoisotopic (exact) mass is 370 g/mol. The van der Waals surface area contributed by atoms with Crippen LogP contribution in [0.1, 0.15) is 29.2 Å². The van der Waals surface area contributed by atoms with Gasteiger partial charge >= 0.3 is 0 Å². The largest absolute Gasteiger partial charge is 0.346 e. The molecule has 26 heavy (non-hydrogen) atoms. The lowest BCUT2D eigenvalue weighted by Crippen LogP contribution is -2.37. The lowest BCUT2D eigenvalue weighted by molar-refractivity contribution is -0.123. The summed E-state index contributed by atoms with van der Waals surface area (Å²) in [5.74, 6) is -0.371. The number of benzene rings is 2. The molecule has 4 nitrogen and oxygen atoms in total. The lowest BCUT2D eigenvalue weighted by atomic mass is 10.1. The Balaban J connectivity index is 1.87. The number of hydrogen-bond acceptors (Lipinski definition) is 3. The molecular weight excluding hydrogens is 344 g/mol. The van der Waals surface area contributed by atoms with Gasteiger partial charge in [0.1, 0.15) is 0 Å². The van der Waals surface area contributed by atoms with Gasteiger partial charge in [-0.1, -0.05) is 24.3 Å². The number of carbonyl (C=O) groups excluding carboxylic acids is 2. The smallest absolute Gasteiger partial charge is 0.243 e. The molecule has 0 aliphatic rings. The molecule has 0 aliphatic heterocycles. The van der Waals surface area contributed by atoms with Crippen LogP contribution in [-0.4, -0.2) is 23.6 Å². The van der Waals surface area contributed by atoms with Crippen molar-refractivity contribution in [3.63, 3.8) is 0 Å². The number of aryl methyl sites for hydroxylation is 4. The summed E-state index contributed by atoms with van der Waals surface area (Å²) in [4.78, 5) is 25.5. The third-order valence-electron chi connectivity index (χ3n) is 4.33. The molecule has 0 radical (unpaired) electrons. The molecule has 0 saturated carbocycles. The van der Waals surface area contributed by atoms with Gasteiger partial charge in [0.25, 0.3) is 0 Å². The van der Waals surface area contributed by atoms with Gasteiger partial charge in [0.15, 0.2) is 0 Å². The summed E-state index contributed by atoms with van der Waals surface area (Å²) in [5.41, 5.74) is 5.25. The van der Waals surface area contributed by atoms with Crippen LogP contribution in [0.2, 0.25) is 0 Å². The second-order valence-corrected chi connectivity index (χ2v) is 7.95. The summed E-state index contributed by atoms with van der Waals surface area (Å²) in [6, 6.07) is 12.0. The highest BCUT2D eigenvalue weighted by molar-refractivity contribution is 8.00. The average Bonchev–Trinajstić information content (AvgIpc) is 2.59. The van der Waals surface area contributed by atoms with Gasteiger partial charge in [-0.3, -0.25) is 9.59 Å². The minimum atomic E-state index is -0.273. The summed E-state index contributed by atoms with van der Waals surface area (Å²) in [5, 5.41) is 5.32. The van der Waals surface area contributed by atoms with E-state index in [1.165, 1.54) is 22.9 Å². The van der Waals surface area contributed by atoms with Gasteiger partial charge in [0.2, 0.25) is 11.8 Å². The van der Waals surface area contributed by atoms with Crippen LogP contribution in [0.25, 0.3) is 0 Å². The fraction of sp³-hybridized carbons (Fsp3) is 0.333. The molecule has 1 atom stereocenters. The van der Waals surface area contributed by atoms with E-state index in [0.29, 0.717) is 0 Å². The first-order chi connectivity index (χ1) is 12.3. The first-order valence-corrected chi connectivity index (χ1v) is 9.53. The Morgan fingerprint density at radius 2 is 1.62 bits per heavy atom.